The Balaban J connectivity index is 2.09. The van der Waals surface area contributed by atoms with E-state index < -0.39 is 6.10 Å². The molecule has 1 atom stereocenters. The largest absolute Gasteiger partial charge is 0.462 e. The van der Waals surface area contributed by atoms with Crippen molar-refractivity contribution in [3.63, 3.8) is 0 Å². The van der Waals surface area contributed by atoms with Crippen LogP contribution in [0.2, 0.25) is 0 Å². The molecule has 4 nitrogen and oxygen atoms in total. The van der Waals surface area contributed by atoms with Crippen LogP contribution in [-0.2, 0) is 0 Å². The van der Waals surface area contributed by atoms with Gasteiger partial charge in [0.2, 0.25) is 0 Å². The van der Waals surface area contributed by atoms with Crippen LogP contribution in [0.25, 0.3) is 11.0 Å². The molecular formula is C11H13NO3. The molecule has 0 aliphatic carbocycles. The molecule has 0 aliphatic heterocycles. The number of rotatable bonds is 4. The number of nitrogens with two attached hydrogens (primary N) is 1. The minimum absolute atomic E-state index is 0.149. The van der Waals surface area contributed by atoms with Gasteiger partial charge >= 0.3 is 0 Å². The van der Waals surface area contributed by atoms with E-state index >= 15 is 0 Å². The van der Waals surface area contributed by atoms with Gasteiger partial charge in [0, 0.05) is 18.0 Å². The quantitative estimate of drug-likeness (QED) is 0.788. The Bertz CT molecular complexity index is 405. The van der Waals surface area contributed by atoms with Gasteiger partial charge in [-0.1, -0.05) is 18.2 Å². The molecule has 0 radical (unpaired) electrons. The summed E-state index contributed by atoms with van der Waals surface area (Å²) >= 11 is 0. The molecule has 0 amide bonds. The fourth-order valence-electron chi connectivity index (χ4n) is 1.28. The van der Waals surface area contributed by atoms with Gasteiger partial charge < -0.3 is 20.0 Å². The maximum absolute atomic E-state index is 9.20. The van der Waals surface area contributed by atoms with Crippen molar-refractivity contribution in [2.75, 3.05) is 13.2 Å². The highest BCUT2D eigenvalue weighted by Gasteiger charge is 2.06. The molecule has 2 aromatic rings. The number of benzene rings is 1. The van der Waals surface area contributed by atoms with Gasteiger partial charge in [0.1, 0.15) is 18.3 Å². The van der Waals surface area contributed by atoms with Gasteiger partial charge in [0.25, 0.3) is 5.95 Å². The third-order valence-electron chi connectivity index (χ3n) is 2.09. The molecule has 1 unspecified atom stereocenters. The maximum atomic E-state index is 9.20. The van der Waals surface area contributed by atoms with E-state index in [4.69, 9.17) is 14.9 Å². The lowest BCUT2D eigenvalue weighted by atomic mass is 10.3. The molecule has 1 heterocycles. The molecule has 0 saturated carbocycles. The Labute approximate surface area is 87.2 Å². The van der Waals surface area contributed by atoms with Crippen molar-refractivity contribution in [2.24, 2.45) is 5.73 Å². The predicted octanol–water partition coefficient (Wildman–Crippen LogP) is 1.13. The average Bonchev–Trinajstić information content (AvgIpc) is 2.68. The summed E-state index contributed by atoms with van der Waals surface area (Å²) in [6.07, 6.45) is -0.654. The first kappa shape index (κ1) is 10.0. The Morgan fingerprint density at radius 3 is 2.93 bits per heavy atom. The Kier molecular flexibility index (Phi) is 2.89. The molecule has 0 fully saturated rings. The number of hydrogen-bond donors (Lipinski definition) is 2. The van der Waals surface area contributed by atoms with E-state index in [1.54, 1.807) is 6.07 Å². The highest BCUT2D eigenvalue weighted by atomic mass is 16.6. The van der Waals surface area contributed by atoms with E-state index in [0.717, 1.165) is 11.0 Å². The molecule has 0 aliphatic rings. The van der Waals surface area contributed by atoms with Crippen LogP contribution < -0.4 is 10.5 Å². The SMILES string of the molecule is NCC(O)COc1cc2ccccc2o1. The van der Waals surface area contributed by atoms with Gasteiger partial charge in [-0.05, 0) is 6.07 Å². The van der Waals surface area contributed by atoms with Gasteiger partial charge in [-0.2, -0.15) is 0 Å². The number of furan rings is 1. The second-order valence-corrected chi connectivity index (χ2v) is 3.30. The van der Waals surface area contributed by atoms with Crippen molar-refractivity contribution in [1.29, 1.82) is 0 Å². The molecule has 0 saturated heterocycles. The summed E-state index contributed by atoms with van der Waals surface area (Å²) in [7, 11) is 0. The number of aliphatic hydroxyl groups is 1. The number of fused-ring (bicyclic) bond motifs is 1. The second kappa shape index (κ2) is 4.33. The topological polar surface area (TPSA) is 68.6 Å². The zero-order chi connectivity index (χ0) is 10.7. The van der Waals surface area contributed by atoms with E-state index in [0.29, 0.717) is 5.95 Å². The fourth-order valence-corrected chi connectivity index (χ4v) is 1.28. The molecule has 1 aromatic carbocycles. The maximum Gasteiger partial charge on any atom is 0.285 e. The van der Waals surface area contributed by atoms with Crippen LogP contribution in [0.4, 0.5) is 0 Å². The van der Waals surface area contributed by atoms with Crippen molar-refractivity contribution in [2.45, 2.75) is 6.10 Å². The standard InChI is InChI=1S/C11H13NO3/c12-6-9(13)7-14-11-5-8-3-1-2-4-10(8)15-11/h1-5,9,13H,6-7,12H2. The zero-order valence-corrected chi connectivity index (χ0v) is 8.22. The summed E-state index contributed by atoms with van der Waals surface area (Å²) in [5, 5.41) is 10.2. The minimum Gasteiger partial charge on any atom is -0.462 e. The summed E-state index contributed by atoms with van der Waals surface area (Å²) in [4.78, 5) is 0. The Hall–Kier alpha value is -1.52. The number of hydrogen-bond acceptors (Lipinski definition) is 4. The van der Waals surface area contributed by atoms with Crippen LogP contribution in [0, 0.1) is 0 Å². The third kappa shape index (κ3) is 2.29. The summed E-state index contributed by atoms with van der Waals surface area (Å²) in [6.45, 7) is 0.330. The third-order valence-corrected chi connectivity index (χ3v) is 2.09. The van der Waals surface area contributed by atoms with Crippen molar-refractivity contribution in [3.05, 3.63) is 30.3 Å². The van der Waals surface area contributed by atoms with Crippen LogP contribution in [0.5, 0.6) is 5.95 Å². The predicted molar refractivity (Wildman–Crippen MR) is 56.8 cm³/mol. The van der Waals surface area contributed by atoms with E-state index in [-0.39, 0.29) is 13.2 Å². The molecule has 15 heavy (non-hydrogen) atoms. The van der Waals surface area contributed by atoms with E-state index in [9.17, 15) is 5.11 Å². The van der Waals surface area contributed by atoms with Crippen molar-refractivity contribution in [1.82, 2.24) is 0 Å². The summed E-state index contributed by atoms with van der Waals surface area (Å²) < 4.78 is 10.6. The summed E-state index contributed by atoms with van der Waals surface area (Å²) in [5.74, 6) is 0.406. The van der Waals surface area contributed by atoms with Gasteiger partial charge in [-0.25, -0.2) is 0 Å². The Morgan fingerprint density at radius 1 is 1.40 bits per heavy atom. The monoisotopic (exact) mass is 207 g/mol. The molecule has 0 spiro atoms. The fraction of sp³-hybridized carbons (Fsp3) is 0.273. The first-order valence-corrected chi connectivity index (χ1v) is 4.79. The lowest BCUT2D eigenvalue weighted by molar-refractivity contribution is 0.0999. The van der Waals surface area contributed by atoms with E-state index in [2.05, 4.69) is 0 Å². The van der Waals surface area contributed by atoms with Gasteiger partial charge in [-0.3, -0.25) is 0 Å². The van der Waals surface area contributed by atoms with Crippen LogP contribution in [0.15, 0.2) is 34.7 Å². The number of aliphatic hydroxyl groups excluding tert-OH is 1. The van der Waals surface area contributed by atoms with Crippen molar-refractivity contribution in [3.8, 4) is 5.95 Å². The first-order chi connectivity index (χ1) is 7.29. The molecule has 3 N–H and O–H groups in total. The zero-order valence-electron chi connectivity index (χ0n) is 8.22. The Morgan fingerprint density at radius 2 is 2.20 bits per heavy atom. The van der Waals surface area contributed by atoms with Crippen LogP contribution in [-0.4, -0.2) is 24.4 Å². The number of ether oxygens (including phenoxy) is 1. The summed E-state index contributed by atoms with van der Waals surface area (Å²) in [6, 6.07) is 9.41. The van der Waals surface area contributed by atoms with Gasteiger partial charge in [0.05, 0.1) is 0 Å². The van der Waals surface area contributed by atoms with Crippen molar-refractivity contribution >= 4 is 11.0 Å². The first-order valence-electron chi connectivity index (χ1n) is 4.79. The highest BCUT2D eigenvalue weighted by molar-refractivity contribution is 5.78. The highest BCUT2D eigenvalue weighted by Crippen LogP contribution is 2.24. The number of para-hydroxylation sites is 1. The summed E-state index contributed by atoms with van der Waals surface area (Å²) in [5.41, 5.74) is 6.02. The molecule has 80 valence electrons. The smallest absolute Gasteiger partial charge is 0.285 e. The second-order valence-electron chi connectivity index (χ2n) is 3.30. The normalized spacial score (nSPS) is 12.9. The van der Waals surface area contributed by atoms with Crippen LogP contribution >= 0.6 is 0 Å². The lowest BCUT2D eigenvalue weighted by Gasteiger charge is -2.06. The molecule has 0 bridgehead atoms. The van der Waals surface area contributed by atoms with Gasteiger partial charge in [0.15, 0.2) is 0 Å². The molecule has 1 aromatic heterocycles. The van der Waals surface area contributed by atoms with Gasteiger partial charge in [-0.15, -0.1) is 0 Å². The van der Waals surface area contributed by atoms with E-state index in [1.807, 2.05) is 24.3 Å². The van der Waals surface area contributed by atoms with Crippen LogP contribution in [0.3, 0.4) is 0 Å². The molecule has 2 rings (SSSR count). The average molecular weight is 207 g/mol. The van der Waals surface area contributed by atoms with E-state index in [1.165, 1.54) is 0 Å². The lowest BCUT2D eigenvalue weighted by Crippen LogP contribution is -2.26. The van der Waals surface area contributed by atoms with Crippen LogP contribution in [0.1, 0.15) is 0 Å². The van der Waals surface area contributed by atoms with Crippen molar-refractivity contribution < 1.29 is 14.3 Å². The minimum atomic E-state index is -0.654. The molecule has 4 heteroatoms. The molecular weight excluding hydrogens is 194 g/mol.